The van der Waals surface area contributed by atoms with Gasteiger partial charge in [0.25, 0.3) is 0 Å². The van der Waals surface area contributed by atoms with Crippen molar-refractivity contribution >= 4 is 5.97 Å². The summed E-state index contributed by atoms with van der Waals surface area (Å²) in [6, 6.07) is 1.80. The van der Waals surface area contributed by atoms with E-state index in [1.54, 1.807) is 18.5 Å². The molecule has 0 aliphatic heterocycles. The third-order valence-electron chi connectivity index (χ3n) is 3.10. The minimum Gasteiger partial charge on any atom is -0.479 e. The molecule has 1 aromatic heterocycles. The number of hydrogen-bond acceptors (Lipinski definition) is 3. The Balaban J connectivity index is 2.39. The third-order valence-corrected chi connectivity index (χ3v) is 3.10. The molecule has 1 fully saturated rings. The van der Waals surface area contributed by atoms with E-state index in [1.165, 1.54) is 0 Å². The van der Waals surface area contributed by atoms with Gasteiger partial charge in [-0.2, -0.15) is 0 Å². The van der Waals surface area contributed by atoms with E-state index >= 15 is 0 Å². The van der Waals surface area contributed by atoms with Gasteiger partial charge in [-0.15, -0.1) is 0 Å². The van der Waals surface area contributed by atoms with E-state index < -0.39 is 17.5 Å². The predicted molar refractivity (Wildman–Crippen MR) is 53.5 cm³/mol. The lowest BCUT2D eigenvalue weighted by Crippen LogP contribution is -2.34. The van der Waals surface area contributed by atoms with Crippen LogP contribution in [0.15, 0.2) is 18.5 Å². The highest BCUT2D eigenvalue weighted by molar-refractivity contribution is 5.75. The average Bonchev–Trinajstić information content (AvgIpc) is 2.98. The van der Waals surface area contributed by atoms with Crippen LogP contribution in [0.3, 0.4) is 0 Å². The topological polar surface area (TPSA) is 70.4 Å². The molecule has 15 heavy (non-hydrogen) atoms. The number of pyridine rings is 1. The molecule has 2 rings (SSSR count). The molecule has 0 aromatic carbocycles. The first-order chi connectivity index (χ1) is 7.08. The molecule has 4 heteroatoms. The Kier molecular flexibility index (Phi) is 2.23. The van der Waals surface area contributed by atoms with Gasteiger partial charge in [0, 0.05) is 17.8 Å². The first-order valence-electron chi connectivity index (χ1n) is 4.90. The summed E-state index contributed by atoms with van der Waals surface area (Å²) < 4.78 is 0. The molecule has 4 nitrogen and oxygen atoms in total. The molecule has 1 aliphatic rings. The van der Waals surface area contributed by atoms with Gasteiger partial charge < -0.3 is 10.2 Å². The zero-order valence-corrected chi connectivity index (χ0v) is 8.47. The molecular formula is C11H13NO3. The van der Waals surface area contributed by atoms with Crippen LogP contribution in [0.5, 0.6) is 0 Å². The van der Waals surface area contributed by atoms with Gasteiger partial charge in [0.15, 0.2) is 6.10 Å². The molecule has 0 bridgehead atoms. The van der Waals surface area contributed by atoms with Crippen molar-refractivity contribution in [2.45, 2.75) is 31.3 Å². The van der Waals surface area contributed by atoms with E-state index in [0.717, 1.165) is 24.0 Å². The summed E-state index contributed by atoms with van der Waals surface area (Å²) in [7, 11) is 0. The van der Waals surface area contributed by atoms with Crippen molar-refractivity contribution in [2.75, 3.05) is 0 Å². The fraction of sp³-hybridized carbons (Fsp3) is 0.455. The lowest BCUT2D eigenvalue weighted by molar-refractivity contribution is -0.148. The summed E-state index contributed by atoms with van der Waals surface area (Å²) >= 11 is 0. The van der Waals surface area contributed by atoms with E-state index in [0.29, 0.717) is 0 Å². The fourth-order valence-electron chi connectivity index (χ4n) is 2.09. The highest BCUT2D eigenvalue weighted by Gasteiger charge is 2.54. The molecule has 0 spiro atoms. The highest BCUT2D eigenvalue weighted by atomic mass is 16.4. The minimum atomic E-state index is -1.31. The fourth-order valence-corrected chi connectivity index (χ4v) is 2.09. The molecule has 0 radical (unpaired) electrons. The zero-order valence-electron chi connectivity index (χ0n) is 8.47. The number of aliphatic hydroxyl groups is 1. The molecular weight excluding hydrogens is 194 g/mol. The molecule has 1 saturated carbocycles. The normalized spacial score (nSPS) is 19.6. The van der Waals surface area contributed by atoms with Gasteiger partial charge in [0.05, 0.1) is 0 Å². The zero-order chi connectivity index (χ0) is 11.1. The summed E-state index contributed by atoms with van der Waals surface area (Å²) in [4.78, 5) is 14.8. The number of rotatable bonds is 3. The van der Waals surface area contributed by atoms with Gasteiger partial charge in [0.2, 0.25) is 0 Å². The van der Waals surface area contributed by atoms with Crippen molar-refractivity contribution in [3.63, 3.8) is 0 Å². The Morgan fingerprint density at radius 3 is 2.73 bits per heavy atom. The maximum atomic E-state index is 10.8. The van der Waals surface area contributed by atoms with Crippen LogP contribution in [0.2, 0.25) is 0 Å². The third kappa shape index (κ3) is 1.51. The SMILES string of the molecule is Cc1cnccc1C1(C(O)C(=O)O)CC1. The predicted octanol–water partition coefficient (Wildman–Crippen LogP) is 0.867. The van der Waals surface area contributed by atoms with Crippen LogP contribution in [0, 0.1) is 6.92 Å². The van der Waals surface area contributed by atoms with Gasteiger partial charge >= 0.3 is 5.97 Å². The largest absolute Gasteiger partial charge is 0.479 e. The molecule has 1 unspecified atom stereocenters. The van der Waals surface area contributed by atoms with Crippen LogP contribution in [0.4, 0.5) is 0 Å². The molecule has 2 N–H and O–H groups in total. The highest BCUT2D eigenvalue weighted by Crippen LogP contribution is 2.51. The summed E-state index contributed by atoms with van der Waals surface area (Å²) in [6.07, 6.45) is 3.48. The second kappa shape index (κ2) is 3.31. The summed E-state index contributed by atoms with van der Waals surface area (Å²) in [5.74, 6) is -1.15. The number of hydrogen-bond donors (Lipinski definition) is 2. The number of aliphatic carboxylic acids is 1. The molecule has 0 saturated heterocycles. The average molecular weight is 207 g/mol. The van der Waals surface area contributed by atoms with Gasteiger partial charge in [-0.05, 0) is 37.0 Å². The number of aliphatic hydroxyl groups excluding tert-OH is 1. The summed E-state index contributed by atoms with van der Waals surface area (Å²) in [6.45, 7) is 1.89. The molecule has 1 aliphatic carbocycles. The maximum absolute atomic E-state index is 10.8. The first-order valence-corrected chi connectivity index (χ1v) is 4.90. The molecule has 80 valence electrons. The summed E-state index contributed by atoms with van der Waals surface area (Å²) in [5, 5.41) is 18.5. The van der Waals surface area contributed by atoms with Crippen molar-refractivity contribution in [1.29, 1.82) is 0 Å². The van der Waals surface area contributed by atoms with Crippen molar-refractivity contribution in [2.24, 2.45) is 0 Å². The van der Waals surface area contributed by atoms with Crippen LogP contribution < -0.4 is 0 Å². The van der Waals surface area contributed by atoms with E-state index in [1.807, 2.05) is 6.92 Å². The smallest absolute Gasteiger partial charge is 0.333 e. The van der Waals surface area contributed by atoms with E-state index in [9.17, 15) is 9.90 Å². The number of aromatic nitrogens is 1. The monoisotopic (exact) mass is 207 g/mol. The van der Waals surface area contributed by atoms with Crippen LogP contribution in [-0.2, 0) is 10.2 Å². The molecule has 1 heterocycles. The van der Waals surface area contributed by atoms with Crippen molar-refractivity contribution < 1.29 is 15.0 Å². The number of aryl methyl sites for hydroxylation is 1. The molecule has 1 atom stereocenters. The molecule has 1 aromatic rings. The number of carboxylic acids is 1. The number of carboxylic acid groups (broad SMARTS) is 1. The van der Waals surface area contributed by atoms with Crippen molar-refractivity contribution in [3.8, 4) is 0 Å². The summed E-state index contributed by atoms with van der Waals surface area (Å²) in [5.41, 5.74) is 1.28. The van der Waals surface area contributed by atoms with Crippen LogP contribution >= 0.6 is 0 Å². The second-order valence-electron chi connectivity index (χ2n) is 4.09. The Bertz CT molecular complexity index is 399. The lowest BCUT2D eigenvalue weighted by Gasteiger charge is -2.20. The number of nitrogens with zero attached hydrogens (tertiary/aromatic N) is 1. The van der Waals surface area contributed by atoms with E-state index in [-0.39, 0.29) is 0 Å². The Morgan fingerprint density at radius 1 is 1.60 bits per heavy atom. The van der Waals surface area contributed by atoms with Gasteiger partial charge in [-0.25, -0.2) is 4.79 Å². The standard InChI is InChI=1S/C11H13NO3/c1-7-6-12-5-2-8(7)11(3-4-11)9(13)10(14)15/h2,5-6,9,13H,3-4H2,1H3,(H,14,15). The Labute approximate surface area is 87.6 Å². The van der Waals surface area contributed by atoms with Crippen molar-refractivity contribution in [1.82, 2.24) is 4.98 Å². The first kappa shape index (κ1) is 10.1. The van der Waals surface area contributed by atoms with Gasteiger partial charge in [0.1, 0.15) is 0 Å². The Hall–Kier alpha value is -1.42. The van der Waals surface area contributed by atoms with Crippen LogP contribution in [0.1, 0.15) is 24.0 Å². The van der Waals surface area contributed by atoms with Crippen LogP contribution in [0.25, 0.3) is 0 Å². The minimum absolute atomic E-state index is 0.571. The van der Waals surface area contributed by atoms with Crippen molar-refractivity contribution in [3.05, 3.63) is 29.6 Å². The van der Waals surface area contributed by atoms with Gasteiger partial charge in [-0.1, -0.05) is 0 Å². The quantitative estimate of drug-likeness (QED) is 0.771. The molecule has 0 amide bonds. The van der Waals surface area contributed by atoms with Crippen LogP contribution in [-0.4, -0.2) is 27.3 Å². The van der Waals surface area contributed by atoms with Gasteiger partial charge in [-0.3, -0.25) is 4.98 Å². The number of carbonyl (C=O) groups is 1. The lowest BCUT2D eigenvalue weighted by atomic mass is 9.88. The second-order valence-corrected chi connectivity index (χ2v) is 4.09. The maximum Gasteiger partial charge on any atom is 0.333 e. The Morgan fingerprint density at radius 2 is 2.27 bits per heavy atom. The van der Waals surface area contributed by atoms with E-state index in [4.69, 9.17) is 5.11 Å². The van der Waals surface area contributed by atoms with E-state index in [2.05, 4.69) is 4.98 Å².